The monoisotopic (exact) mass is 405 g/mol. The number of benzene rings is 2. The lowest BCUT2D eigenvalue weighted by molar-refractivity contribution is -0.159. The van der Waals surface area contributed by atoms with Gasteiger partial charge in [0, 0.05) is 23.5 Å². The van der Waals surface area contributed by atoms with Gasteiger partial charge in [0.05, 0.1) is 14.2 Å². The van der Waals surface area contributed by atoms with E-state index in [9.17, 15) is 0 Å². The van der Waals surface area contributed by atoms with E-state index >= 15 is 0 Å². The third-order valence-corrected chi connectivity index (χ3v) is 5.23. The molecule has 0 radical (unpaired) electrons. The maximum Gasteiger partial charge on any atom is 0.414 e. The number of fused-ring (bicyclic) bond motifs is 1. The Morgan fingerprint density at radius 2 is 1.68 bits per heavy atom. The molecule has 7 nitrogen and oxygen atoms in total. The van der Waals surface area contributed by atoms with Crippen molar-refractivity contribution in [2.75, 3.05) is 20.0 Å². The van der Waals surface area contributed by atoms with Gasteiger partial charge in [-0.25, -0.2) is 9.59 Å². The molecule has 1 heterocycles. The molecule has 8 heteroatoms. The quantitative estimate of drug-likeness (QED) is 0.652. The van der Waals surface area contributed by atoms with Crippen LogP contribution in [0, 0.1) is 0 Å². The number of carboxylic acids is 2. The van der Waals surface area contributed by atoms with E-state index in [1.165, 1.54) is 16.0 Å². The molecule has 0 saturated carbocycles. The topological polar surface area (TPSA) is 105 Å². The van der Waals surface area contributed by atoms with Gasteiger partial charge in [0.15, 0.2) is 0 Å². The van der Waals surface area contributed by atoms with E-state index in [1.54, 1.807) is 14.2 Å². The SMILES string of the molecule is COc1cc(CNC2CCSc3ccccc32)cc(OC)c1.O=C(O)C(=O)O. The minimum Gasteiger partial charge on any atom is -0.497 e. The molecular weight excluding hydrogens is 382 g/mol. The Morgan fingerprint density at radius 1 is 1.07 bits per heavy atom. The molecule has 0 aliphatic carbocycles. The van der Waals surface area contributed by atoms with E-state index in [0.717, 1.165) is 30.2 Å². The molecule has 1 aliphatic heterocycles. The second-order valence-electron chi connectivity index (χ2n) is 5.94. The van der Waals surface area contributed by atoms with Crippen LogP contribution in [0.25, 0.3) is 0 Å². The second-order valence-corrected chi connectivity index (χ2v) is 7.08. The summed E-state index contributed by atoms with van der Waals surface area (Å²) in [6.45, 7) is 0.803. The summed E-state index contributed by atoms with van der Waals surface area (Å²) in [5, 5.41) is 18.5. The van der Waals surface area contributed by atoms with Crippen molar-refractivity contribution in [3.63, 3.8) is 0 Å². The van der Waals surface area contributed by atoms with Crippen LogP contribution in [-0.2, 0) is 16.1 Å². The van der Waals surface area contributed by atoms with Crippen LogP contribution in [0.15, 0.2) is 47.4 Å². The molecule has 2 aromatic carbocycles. The summed E-state index contributed by atoms with van der Waals surface area (Å²) in [6, 6.07) is 15.1. The molecule has 0 aromatic heterocycles. The van der Waals surface area contributed by atoms with E-state index in [2.05, 4.69) is 41.7 Å². The highest BCUT2D eigenvalue weighted by molar-refractivity contribution is 7.99. The lowest BCUT2D eigenvalue weighted by atomic mass is 10.0. The Labute approximate surface area is 167 Å². The summed E-state index contributed by atoms with van der Waals surface area (Å²) in [5.41, 5.74) is 2.58. The third-order valence-electron chi connectivity index (χ3n) is 4.11. The van der Waals surface area contributed by atoms with Crippen LogP contribution in [0.3, 0.4) is 0 Å². The molecular formula is C20H23NO6S. The van der Waals surface area contributed by atoms with Crippen molar-refractivity contribution in [3.8, 4) is 11.5 Å². The molecule has 0 bridgehead atoms. The number of hydrogen-bond donors (Lipinski definition) is 3. The highest BCUT2D eigenvalue weighted by Gasteiger charge is 2.19. The zero-order valence-electron chi connectivity index (χ0n) is 15.7. The smallest absolute Gasteiger partial charge is 0.414 e. The van der Waals surface area contributed by atoms with Gasteiger partial charge in [-0.1, -0.05) is 18.2 Å². The van der Waals surface area contributed by atoms with Crippen molar-refractivity contribution in [3.05, 3.63) is 53.6 Å². The zero-order valence-corrected chi connectivity index (χ0v) is 16.5. The molecule has 28 heavy (non-hydrogen) atoms. The normalized spacial score (nSPS) is 14.9. The fraction of sp³-hybridized carbons (Fsp3) is 0.300. The summed E-state index contributed by atoms with van der Waals surface area (Å²) in [5.74, 6) is -0.827. The first kappa shape index (κ1) is 21.6. The summed E-state index contributed by atoms with van der Waals surface area (Å²) in [7, 11) is 3.36. The second kappa shape index (κ2) is 10.6. The highest BCUT2D eigenvalue weighted by Crippen LogP contribution is 2.36. The van der Waals surface area contributed by atoms with Gasteiger partial charge in [-0.3, -0.25) is 0 Å². The maximum atomic E-state index is 9.10. The van der Waals surface area contributed by atoms with Crippen molar-refractivity contribution in [2.24, 2.45) is 0 Å². The molecule has 1 unspecified atom stereocenters. The number of hydrogen-bond acceptors (Lipinski definition) is 6. The first-order valence-electron chi connectivity index (χ1n) is 8.58. The highest BCUT2D eigenvalue weighted by atomic mass is 32.2. The first-order valence-corrected chi connectivity index (χ1v) is 9.56. The fourth-order valence-corrected chi connectivity index (χ4v) is 3.89. The average Bonchev–Trinajstić information content (AvgIpc) is 2.72. The number of carboxylic acid groups (broad SMARTS) is 2. The summed E-state index contributed by atoms with van der Waals surface area (Å²) >= 11 is 1.95. The van der Waals surface area contributed by atoms with Crippen LogP contribution < -0.4 is 14.8 Å². The Bertz CT molecular complexity index is 792. The Balaban J connectivity index is 0.000000409. The van der Waals surface area contributed by atoms with Gasteiger partial charge in [0.1, 0.15) is 11.5 Å². The molecule has 1 aliphatic rings. The molecule has 2 aromatic rings. The maximum absolute atomic E-state index is 9.10. The summed E-state index contributed by atoms with van der Waals surface area (Å²) < 4.78 is 10.7. The predicted molar refractivity (Wildman–Crippen MR) is 106 cm³/mol. The lowest BCUT2D eigenvalue weighted by Crippen LogP contribution is -2.24. The zero-order chi connectivity index (χ0) is 20.5. The van der Waals surface area contributed by atoms with Crippen LogP contribution in [0.5, 0.6) is 11.5 Å². The number of rotatable bonds is 5. The van der Waals surface area contributed by atoms with Crippen molar-refractivity contribution in [1.29, 1.82) is 0 Å². The Hall–Kier alpha value is -2.71. The van der Waals surface area contributed by atoms with E-state index in [4.69, 9.17) is 29.3 Å². The Morgan fingerprint density at radius 3 is 2.25 bits per heavy atom. The minimum atomic E-state index is -1.82. The molecule has 0 amide bonds. The van der Waals surface area contributed by atoms with Crippen molar-refractivity contribution in [2.45, 2.75) is 23.9 Å². The van der Waals surface area contributed by atoms with Gasteiger partial charge in [-0.15, -0.1) is 11.8 Å². The summed E-state index contributed by atoms with van der Waals surface area (Å²) in [6.07, 6.45) is 1.16. The van der Waals surface area contributed by atoms with Gasteiger partial charge >= 0.3 is 11.9 Å². The molecule has 150 valence electrons. The molecule has 3 N–H and O–H groups in total. The van der Waals surface area contributed by atoms with E-state index in [0.29, 0.717) is 6.04 Å². The number of carbonyl (C=O) groups is 2. The van der Waals surface area contributed by atoms with Gasteiger partial charge in [0.25, 0.3) is 0 Å². The van der Waals surface area contributed by atoms with Crippen LogP contribution in [0.2, 0.25) is 0 Å². The van der Waals surface area contributed by atoms with Gasteiger partial charge < -0.3 is 25.0 Å². The van der Waals surface area contributed by atoms with E-state index < -0.39 is 11.9 Å². The number of ether oxygens (including phenoxy) is 2. The summed E-state index contributed by atoms with van der Waals surface area (Å²) in [4.78, 5) is 19.6. The molecule has 0 saturated heterocycles. The molecule has 0 spiro atoms. The molecule has 0 fully saturated rings. The third kappa shape index (κ3) is 6.17. The standard InChI is InChI=1S/C18H21NO2S.C2H2O4/c1-20-14-9-13(10-15(11-14)21-2)12-19-17-7-8-22-18-6-4-3-5-16(17)18;3-1(4)2(5)6/h3-6,9-11,17,19H,7-8,12H2,1-2H3;(H,3,4)(H,5,6). The molecule has 1 atom stereocenters. The number of methoxy groups -OCH3 is 2. The number of aliphatic carboxylic acids is 2. The van der Waals surface area contributed by atoms with Crippen molar-refractivity contribution >= 4 is 23.7 Å². The van der Waals surface area contributed by atoms with E-state index in [1.807, 2.05) is 17.8 Å². The van der Waals surface area contributed by atoms with Crippen LogP contribution >= 0.6 is 11.8 Å². The minimum absolute atomic E-state index is 0.412. The van der Waals surface area contributed by atoms with Gasteiger partial charge in [-0.05, 0) is 41.5 Å². The lowest BCUT2D eigenvalue weighted by Gasteiger charge is -2.26. The van der Waals surface area contributed by atoms with Crippen molar-refractivity contribution < 1.29 is 29.3 Å². The van der Waals surface area contributed by atoms with Crippen LogP contribution in [0.4, 0.5) is 0 Å². The van der Waals surface area contributed by atoms with Crippen molar-refractivity contribution in [1.82, 2.24) is 5.32 Å². The first-order chi connectivity index (χ1) is 13.4. The van der Waals surface area contributed by atoms with Gasteiger partial charge in [0.2, 0.25) is 0 Å². The van der Waals surface area contributed by atoms with E-state index in [-0.39, 0.29) is 0 Å². The van der Waals surface area contributed by atoms with Gasteiger partial charge in [-0.2, -0.15) is 0 Å². The average molecular weight is 405 g/mol. The molecule has 3 rings (SSSR count). The van der Waals surface area contributed by atoms with Crippen LogP contribution in [0.1, 0.15) is 23.6 Å². The van der Waals surface area contributed by atoms with Crippen LogP contribution in [-0.4, -0.2) is 42.1 Å². The number of nitrogens with one attached hydrogen (secondary N) is 1. The largest absolute Gasteiger partial charge is 0.497 e. The number of thioether (sulfide) groups is 1. The Kier molecular flexibility index (Phi) is 8.16. The predicted octanol–water partition coefficient (Wildman–Crippen LogP) is 3.19. The fourth-order valence-electron chi connectivity index (χ4n) is 2.76.